The van der Waals surface area contributed by atoms with Crippen LogP contribution >= 0.6 is 0 Å². The molecule has 3 aliphatic rings. The smallest absolute Gasteiger partial charge is 0.319 e. The molecule has 0 radical (unpaired) electrons. The maximum Gasteiger partial charge on any atom is 0.319 e. The van der Waals surface area contributed by atoms with Gasteiger partial charge in [-0.05, 0) is 26.2 Å². The van der Waals surface area contributed by atoms with Gasteiger partial charge in [0.2, 0.25) is 11.8 Å². The summed E-state index contributed by atoms with van der Waals surface area (Å²) in [7, 11) is 5.03. The average Bonchev–Trinajstić information content (AvgIpc) is 3.14. The largest absolute Gasteiger partial charge is 0.375 e. The second-order valence-corrected chi connectivity index (χ2v) is 8.34. The van der Waals surface area contributed by atoms with E-state index < -0.39 is 5.41 Å². The standard InChI is InChI=1S/C19H32N4O4/c1-5-21-11-8-19(16(21)25)14-23(17(26)20(2)3)13-18(19)6-9-22(10-7-18)15(24)12-27-4/h5-14H2,1-4H3/t19-/m0/s1. The second kappa shape index (κ2) is 7.30. The molecule has 0 unspecified atom stereocenters. The molecule has 152 valence electrons. The van der Waals surface area contributed by atoms with Crippen LogP contribution in [0.3, 0.4) is 0 Å². The van der Waals surface area contributed by atoms with Crippen LogP contribution in [0.2, 0.25) is 0 Å². The Hall–Kier alpha value is -1.83. The van der Waals surface area contributed by atoms with Gasteiger partial charge in [-0.15, -0.1) is 0 Å². The molecule has 0 aromatic carbocycles. The van der Waals surface area contributed by atoms with E-state index in [9.17, 15) is 14.4 Å². The minimum Gasteiger partial charge on any atom is -0.375 e. The number of ether oxygens (including phenoxy) is 1. The van der Waals surface area contributed by atoms with Gasteiger partial charge in [0.1, 0.15) is 6.61 Å². The molecule has 3 saturated heterocycles. The zero-order chi connectivity index (χ0) is 19.8. The minimum atomic E-state index is -0.509. The number of hydrogen-bond acceptors (Lipinski definition) is 4. The molecule has 8 nitrogen and oxygen atoms in total. The summed E-state index contributed by atoms with van der Waals surface area (Å²) >= 11 is 0. The number of likely N-dealkylation sites (tertiary alicyclic amines) is 3. The summed E-state index contributed by atoms with van der Waals surface area (Å²) in [5.41, 5.74) is -0.755. The van der Waals surface area contributed by atoms with Crippen LogP contribution < -0.4 is 0 Å². The van der Waals surface area contributed by atoms with Gasteiger partial charge in [-0.3, -0.25) is 9.59 Å². The van der Waals surface area contributed by atoms with Crippen LogP contribution in [0.25, 0.3) is 0 Å². The molecule has 2 spiro atoms. The first-order valence-corrected chi connectivity index (χ1v) is 9.82. The molecule has 3 rings (SSSR count). The third-order valence-corrected chi connectivity index (χ3v) is 6.85. The van der Waals surface area contributed by atoms with E-state index >= 15 is 0 Å². The Morgan fingerprint density at radius 3 is 2.26 bits per heavy atom. The van der Waals surface area contributed by atoms with Crippen LogP contribution in [0.1, 0.15) is 26.2 Å². The van der Waals surface area contributed by atoms with E-state index in [0.717, 1.165) is 25.8 Å². The molecule has 8 heteroatoms. The van der Waals surface area contributed by atoms with Crippen molar-refractivity contribution in [3.8, 4) is 0 Å². The summed E-state index contributed by atoms with van der Waals surface area (Å²) in [6, 6.07) is -0.0353. The summed E-state index contributed by atoms with van der Waals surface area (Å²) in [5.74, 6) is 0.185. The predicted molar refractivity (Wildman–Crippen MR) is 100 cm³/mol. The number of amides is 4. The zero-order valence-corrected chi connectivity index (χ0v) is 17.0. The fourth-order valence-corrected chi connectivity index (χ4v) is 5.30. The SMILES string of the molecule is CCN1CC[C@]2(CN(C(=O)N(C)C)CC23CCN(C(=O)COC)CC3)C1=O. The van der Waals surface area contributed by atoms with E-state index in [0.29, 0.717) is 32.7 Å². The lowest BCUT2D eigenvalue weighted by atomic mass is 9.60. The van der Waals surface area contributed by atoms with Crippen molar-refractivity contribution < 1.29 is 19.1 Å². The van der Waals surface area contributed by atoms with Crippen molar-refractivity contribution in [1.82, 2.24) is 19.6 Å². The predicted octanol–water partition coefficient (Wildman–Crippen LogP) is 0.477. The van der Waals surface area contributed by atoms with Crippen LogP contribution in [0, 0.1) is 10.8 Å². The van der Waals surface area contributed by atoms with Gasteiger partial charge in [0.25, 0.3) is 0 Å². The molecule has 0 N–H and O–H groups in total. The normalized spacial score (nSPS) is 27.1. The van der Waals surface area contributed by atoms with E-state index in [1.807, 2.05) is 21.6 Å². The number of rotatable bonds is 3. The molecular formula is C19H32N4O4. The van der Waals surface area contributed by atoms with E-state index in [-0.39, 0.29) is 29.9 Å². The number of hydrogen-bond donors (Lipinski definition) is 0. The van der Waals surface area contributed by atoms with Crippen molar-refractivity contribution >= 4 is 17.8 Å². The van der Waals surface area contributed by atoms with Crippen molar-refractivity contribution in [2.24, 2.45) is 10.8 Å². The number of nitrogens with zero attached hydrogens (tertiary/aromatic N) is 4. The topological polar surface area (TPSA) is 73.4 Å². The van der Waals surface area contributed by atoms with E-state index in [4.69, 9.17) is 4.74 Å². The molecule has 0 saturated carbocycles. The Morgan fingerprint density at radius 1 is 1.07 bits per heavy atom. The number of urea groups is 1. The van der Waals surface area contributed by atoms with Crippen molar-refractivity contribution in [3.63, 3.8) is 0 Å². The summed E-state index contributed by atoms with van der Waals surface area (Å²) in [5, 5.41) is 0. The average molecular weight is 380 g/mol. The van der Waals surface area contributed by atoms with Crippen molar-refractivity contribution in [1.29, 1.82) is 0 Å². The quantitative estimate of drug-likeness (QED) is 0.714. The maximum atomic E-state index is 13.4. The molecule has 3 heterocycles. The first-order valence-electron chi connectivity index (χ1n) is 9.82. The van der Waals surface area contributed by atoms with E-state index in [2.05, 4.69) is 0 Å². The third kappa shape index (κ3) is 3.07. The van der Waals surface area contributed by atoms with Crippen LogP contribution in [-0.4, -0.2) is 105 Å². The van der Waals surface area contributed by atoms with Gasteiger partial charge in [-0.25, -0.2) is 4.79 Å². The molecule has 3 fully saturated rings. The second-order valence-electron chi connectivity index (χ2n) is 8.34. The highest BCUT2D eigenvalue weighted by Crippen LogP contribution is 2.57. The molecule has 27 heavy (non-hydrogen) atoms. The first kappa shape index (κ1) is 19.9. The Labute approximate surface area is 161 Å². The molecule has 0 aromatic heterocycles. The number of methoxy groups -OCH3 is 1. The van der Waals surface area contributed by atoms with Gasteiger partial charge in [0, 0.05) is 65.9 Å². The lowest BCUT2D eigenvalue weighted by Gasteiger charge is -2.46. The highest BCUT2D eigenvalue weighted by Gasteiger charge is 2.65. The number of fused-ring (bicyclic) bond motifs is 1. The Morgan fingerprint density at radius 2 is 1.74 bits per heavy atom. The van der Waals surface area contributed by atoms with Crippen LogP contribution in [0.15, 0.2) is 0 Å². The van der Waals surface area contributed by atoms with E-state index in [1.54, 1.807) is 19.0 Å². The Bertz CT molecular complexity index is 615. The van der Waals surface area contributed by atoms with Crippen LogP contribution in [-0.2, 0) is 14.3 Å². The zero-order valence-electron chi connectivity index (χ0n) is 17.0. The number of carbonyl (C=O) groups is 3. The lowest BCUT2D eigenvalue weighted by molar-refractivity contribution is -0.145. The number of carbonyl (C=O) groups excluding carboxylic acids is 3. The Balaban J connectivity index is 1.86. The highest BCUT2D eigenvalue weighted by molar-refractivity contribution is 5.88. The fraction of sp³-hybridized carbons (Fsp3) is 0.842. The first-order chi connectivity index (χ1) is 12.8. The monoisotopic (exact) mass is 380 g/mol. The van der Waals surface area contributed by atoms with Crippen LogP contribution in [0.4, 0.5) is 4.79 Å². The van der Waals surface area contributed by atoms with Gasteiger partial charge in [0.05, 0.1) is 5.41 Å². The number of piperidine rings is 1. The van der Waals surface area contributed by atoms with Gasteiger partial charge in [-0.2, -0.15) is 0 Å². The third-order valence-electron chi connectivity index (χ3n) is 6.85. The van der Waals surface area contributed by atoms with Gasteiger partial charge < -0.3 is 24.3 Å². The summed E-state index contributed by atoms with van der Waals surface area (Å²) in [6.45, 7) is 5.88. The molecule has 0 aromatic rings. The maximum absolute atomic E-state index is 13.4. The van der Waals surface area contributed by atoms with Crippen molar-refractivity contribution in [2.45, 2.75) is 26.2 Å². The Kier molecular flexibility index (Phi) is 5.38. The van der Waals surface area contributed by atoms with E-state index in [1.165, 1.54) is 7.11 Å². The summed E-state index contributed by atoms with van der Waals surface area (Å²) in [4.78, 5) is 45.4. The minimum absolute atomic E-state index is 0.00597. The fourth-order valence-electron chi connectivity index (χ4n) is 5.30. The van der Waals surface area contributed by atoms with Gasteiger partial charge >= 0.3 is 6.03 Å². The summed E-state index contributed by atoms with van der Waals surface area (Å²) < 4.78 is 4.98. The molecular weight excluding hydrogens is 348 g/mol. The van der Waals surface area contributed by atoms with Crippen molar-refractivity contribution in [2.75, 3.05) is 67.1 Å². The molecule has 0 bridgehead atoms. The summed E-state index contributed by atoms with van der Waals surface area (Å²) in [6.07, 6.45) is 2.30. The van der Waals surface area contributed by atoms with Gasteiger partial charge in [-0.1, -0.05) is 0 Å². The van der Waals surface area contributed by atoms with Crippen molar-refractivity contribution in [3.05, 3.63) is 0 Å². The molecule has 1 atom stereocenters. The van der Waals surface area contributed by atoms with Crippen LogP contribution in [0.5, 0.6) is 0 Å². The molecule has 0 aliphatic carbocycles. The molecule has 3 aliphatic heterocycles. The lowest BCUT2D eigenvalue weighted by Crippen LogP contribution is -2.54. The van der Waals surface area contributed by atoms with Gasteiger partial charge in [0.15, 0.2) is 0 Å². The highest BCUT2D eigenvalue weighted by atomic mass is 16.5. The molecule has 4 amide bonds.